The van der Waals surface area contributed by atoms with Gasteiger partial charge < -0.3 is 10.6 Å². The molecule has 0 saturated carbocycles. The number of rotatable bonds is 5. The van der Waals surface area contributed by atoms with Crippen molar-refractivity contribution < 1.29 is 0 Å². The minimum Gasteiger partial charge on any atom is -0.354 e. The van der Waals surface area contributed by atoms with Crippen molar-refractivity contribution in [2.24, 2.45) is 0 Å². The number of nitrogens with one attached hydrogen (secondary N) is 2. The van der Waals surface area contributed by atoms with E-state index in [0.717, 1.165) is 34.7 Å². The van der Waals surface area contributed by atoms with Gasteiger partial charge >= 0.3 is 0 Å². The standard InChI is InChI=1S/C16H18N4S/c1-3-9-17-16-19-14(12-8-10-21-15(12)20-16)18-13-7-5-4-6-11(13)2/h4-8,10H,3,9H2,1-2H3,(H2,17,18,19,20). The molecular weight excluding hydrogens is 280 g/mol. The van der Waals surface area contributed by atoms with E-state index in [9.17, 15) is 0 Å². The Kier molecular flexibility index (Phi) is 4.01. The van der Waals surface area contributed by atoms with Crippen LogP contribution in [0.15, 0.2) is 35.7 Å². The summed E-state index contributed by atoms with van der Waals surface area (Å²) in [5.41, 5.74) is 2.27. The number of anilines is 3. The van der Waals surface area contributed by atoms with Gasteiger partial charge in [-0.15, -0.1) is 11.3 Å². The number of hydrogen-bond donors (Lipinski definition) is 2. The molecule has 0 aliphatic heterocycles. The monoisotopic (exact) mass is 298 g/mol. The molecule has 0 saturated heterocycles. The van der Waals surface area contributed by atoms with Crippen molar-refractivity contribution in [3.05, 3.63) is 41.3 Å². The van der Waals surface area contributed by atoms with Crippen LogP contribution in [0.2, 0.25) is 0 Å². The van der Waals surface area contributed by atoms with Crippen molar-refractivity contribution in [3.63, 3.8) is 0 Å². The highest BCUT2D eigenvalue weighted by molar-refractivity contribution is 7.16. The number of benzene rings is 1. The van der Waals surface area contributed by atoms with Crippen molar-refractivity contribution >= 4 is 39.0 Å². The fraction of sp³-hybridized carbons (Fsp3) is 0.250. The molecule has 21 heavy (non-hydrogen) atoms. The number of aromatic nitrogens is 2. The average molecular weight is 298 g/mol. The van der Waals surface area contributed by atoms with Gasteiger partial charge in [0.25, 0.3) is 0 Å². The summed E-state index contributed by atoms with van der Waals surface area (Å²) in [5, 5.41) is 9.80. The van der Waals surface area contributed by atoms with Gasteiger partial charge in [0.1, 0.15) is 10.6 Å². The molecule has 0 aliphatic carbocycles. The normalized spacial score (nSPS) is 10.8. The molecule has 5 heteroatoms. The van der Waals surface area contributed by atoms with Crippen LogP contribution < -0.4 is 10.6 Å². The van der Waals surface area contributed by atoms with Crippen LogP contribution in [0.3, 0.4) is 0 Å². The second-order valence-electron chi connectivity index (χ2n) is 4.90. The molecule has 0 fully saturated rings. The lowest BCUT2D eigenvalue weighted by Gasteiger charge is -2.11. The zero-order valence-electron chi connectivity index (χ0n) is 12.2. The molecule has 2 heterocycles. The third-order valence-corrected chi connectivity index (χ3v) is 4.06. The van der Waals surface area contributed by atoms with E-state index >= 15 is 0 Å². The second-order valence-corrected chi connectivity index (χ2v) is 5.80. The van der Waals surface area contributed by atoms with Gasteiger partial charge in [0.2, 0.25) is 5.95 Å². The largest absolute Gasteiger partial charge is 0.354 e. The Morgan fingerprint density at radius 2 is 2.00 bits per heavy atom. The lowest BCUT2D eigenvalue weighted by molar-refractivity contribution is 0.958. The lowest BCUT2D eigenvalue weighted by Crippen LogP contribution is -2.06. The van der Waals surface area contributed by atoms with Crippen molar-refractivity contribution in [2.45, 2.75) is 20.3 Å². The van der Waals surface area contributed by atoms with Crippen LogP contribution in [0, 0.1) is 6.92 Å². The van der Waals surface area contributed by atoms with E-state index in [1.54, 1.807) is 11.3 Å². The van der Waals surface area contributed by atoms with E-state index in [2.05, 4.69) is 52.6 Å². The summed E-state index contributed by atoms with van der Waals surface area (Å²) < 4.78 is 0. The van der Waals surface area contributed by atoms with Gasteiger partial charge in [-0.3, -0.25) is 0 Å². The van der Waals surface area contributed by atoms with E-state index in [4.69, 9.17) is 0 Å². The number of nitrogens with zero attached hydrogens (tertiary/aromatic N) is 2. The van der Waals surface area contributed by atoms with E-state index in [1.807, 2.05) is 17.5 Å². The lowest BCUT2D eigenvalue weighted by atomic mass is 10.2. The topological polar surface area (TPSA) is 49.8 Å². The van der Waals surface area contributed by atoms with Crippen LogP contribution in [0.1, 0.15) is 18.9 Å². The van der Waals surface area contributed by atoms with Crippen LogP contribution in [-0.2, 0) is 0 Å². The number of fused-ring (bicyclic) bond motifs is 1. The molecule has 0 amide bonds. The summed E-state index contributed by atoms with van der Waals surface area (Å²) in [6.45, 7) is 5.09. The van der Waals surface area contributed by atoms with Gasteiger partial charge in [-0.25, -0.2) is 4.98 Å². The van der Waals surface area contributed by atoms with Crippen molar-refractivity contribution in [1.29, 1.82) is 0 Å². The first-order chi connectivity index (χ1) is 10.3. The highest BCUT2D eigenvalue weighted by Gasteiger charge is 2.09. The first kappa shape index (κ1) is 13.8. The average Bonchev–Trinajstić information content (AvgIpc) is 2.96. The summed E-state index contributed by atoms with van der Waals surface area (Å²) in [4.78, 5) is 10.2. The third kappa shape index (κ3) is 2.97. The molecule has 3 aromatic rings. The zero-order valence-corrected chi connectivity index (χ0v) is 13.0. The molecular formula is C16H18N4S. The van der Waals surface area contributed by atoms with Gasteiger partial charge in [0.05, 0.1) is 5.39 Å². The summed E-state index contributed by atoms with van der Waals surface area (Å²) in [6.07, 6.45) is 1.05. The quantitative estimate of drug-likeness (QED) is 0.724. The highest BCUT2D eigenvalue weighted by Crippen LogP contribution is 2.29. The maximum atomic E-state index is 4.62. The molecule has 0 atom stereocenters. The van der Waals surface area contributed by atoms with Crippen LogP contribution in [0.4, 0.5) is 17.5 Å². The molecule has 1 aromatic carbocycles. The predicted octanol–water partition coefficient (Wildman–Crippen LogP) is 4.57. The molecule has 0 spiro atoms. The minimum absolute atomic E-state index is 0.683. The van der Waals surface area contributed by atoms with Gasteiger partial charge in [-0.2, -0.15) is 4.98 Å². The van der Waals surface area contributed by atoms with Crippen LogP contribution in [0.5, 0.6) is 0 Å². The molecule has 2 aromatic heterocycles. The van der Waals surface area contributed by atoms with E-state index in [-0.39, 0.29) is 0 Å². The number of aryl methyl sites for hydroxylation is 1. The predicted molar refractivity (Wildman–Crippen MR) is 90.7 cm³/mol. The molecule has 2 N–H and O–H groups in total. The minimum atomic E-state index is 0.683. The van der Waals surface area contributed by atoms with Gasteiger partial charge in [0, 0.05) is 12.2 Å². The third-order valence-electron chi connectivity index (χ3n) is 3.26. The molecule has 0 unspecified atom stereocenters. The fourth-order valence-corrected chi connectivity index (χ4v) is 2.87. The van der Waals surface area contributed by atoms with Gasteiger partial charge in [0.15, 0.2) is 0 Å². The Bertz CT molecular complexity index is 751. The SMILES string of the molecule is CCCNc1nc(Nc2ccccc2C)c2ccsc2n1. The Morgan fingerprint density at radius 3 is 2.81 bits per heavy atom. The molecule has 108 valence electrons. The number of thiophene rings is 1. The van der Waals surface area contributed by atoms with Crippen molar-refractivity contribution in [2.75, 3.05) is 17.2 Å². The first-order valence-electron chi connectivity index (χ1n) is 7.09. The smallest absolute Gasteiger partial charge is 0.226 e. The second kappa shape index (κ2) is 6.10. The van der Waals surface area contributed by atoms with Crippen LogP contribution >= 0.6 is 11.3 Å². The Morgan fingerprint density at radius 1 is 1.14 bits per heavy atom. The molecule has 0 bridgehead atoms. The summed E-state index contributed by atoms with van der Waals surface area (Å²) in [5.74, 6) is 1.54. The molecule has 4 nitrogen and oxygen atoms in total. The number of hydrogen-bond acceptors (Lipinski definition) is 5. The van der Waals surface area contributed by atoms with E-state index < -0.39 is 0 Å². The summed E-state index contributed by atoms with van der Waals surface area (Å²) in [7, 11) is 0. The van der Waals surface area contributed by atoms with Gasteiger partial charge in [-0.1, -0.05) is 25.1 Å². The maximum absolute atomic E-state index is 4.62. The maximum Gasteiger partial charge on any atom is 0.226 e. The summed E-state index contributed by atoms with van der Waals surface area (Å²) >= 11 is 1.63. The number of para-hydroxylation sites is 1. The molecule has 0 aliphatic rings. The fourth-order valence-electron chi connectivity index (χ4n) is 2.11. The van der Waals surface area contributed by atoms with Crippen LogP contribution in [0.25, 0.3) is 10.2 Å². The Balaban J connectivity index is 2.00. The van der Waals surface area contributed by atoms with Gasteiger partial charge in [-0.05, 0) is 36.4 Å². The van der Waals surface area contributed by atoms with Crippen LogP contribution in [-0.4, -0.2) is 16.5 Å². The Hall–Kier alpha value is -2.14. The van der Waals surface area contributed by atoms with E-state index in [1.165, 1.54) is 5.56 Å². The van der Waals surface area contributed by atoms with E-state index in [0.29, 0.717) is 5.95 Å². The summed E-state index contributed by atoms with van der Waals surface area (Å²) in [6, 6.07) is 10.3. The van der Waals surface area contributed by atoms with Crippen molar-refractivity contribution in [1.82, 2.24) is 9.97 Å². The zero-order chi connectivity index (χ0) is 14.7. The molecule has 3 rings (SSSR count). The Labute approximate surface area is 128 Å². The highest BCUT2D eigenvalue weighted by atomic mass is 32.1. The first-order valence-corrected chi connectivity index (χ1v) is 7.97. The molecule has 0 radical (unpaired) electrons. The van der Waals surface area contributed by atoms with Crippen molar-refractivity contribution in [3.8, 4) is 0 Å².